The predicted octanol–water partition coefficient (Wildman–Crippen LogP) is 0.945. The van der Waals surface area contributed by atoms with Crippen molar-refractivity contribution in [3.8, 4) is 5.75 Å². The van der Waals surface area contributed by atoms with Crippen LogP contribution in [0, 0.1) is 0 Å². The lowest BCUT2D eigenvalue weighted by atomic mass is 10.2. The number of para-hydroxylation sites is 1. The zero-order valence-corrected chi connectivity index (χ0v) is 11.0. The third-order valence-electron chi connectivity index (χ3n) is 2.62. The van der Waals surface area contributed by atoms with Crippen LogP contribution in [0.15, 0.2) is 29.2 Å². The van der Waals surface area contributed by atoms with Gasteiger partial charge in [0.1, 0.15) is 18.0 Å². The van der Waals surface area contributed by atoms with Gasteiger partial charge in [-0.3, -0.25) is 0 Å². The van der Waals surface area contributed by atoms with Gasteiger partial charge in [0.05, 0.1) is 11.5 Å². The van der Waals surface area contributed by atoms with Crippen LogP contribution in [0.4, 0.5) is 0 Å². The smallest absolute Gasteiger partial charge is 0.156 e. The Kier molecular flexibility index (Phi) is 3.65. The van der Waals surface area contributed by atoms with Crippen molar-refractivity contribution in [3.63, 3.8) is 0 Å². The average Bonchev–Trinajstić information content (AvgIpc) is 2.52. The molecular weight excluding hydrogens is 260 g/mol. The molecule has 1 heterocycles. The highest BCUT2D eigenvalue weighted by Crippen LogP contribution is 2.29. The fourth-order valence-electron chi connectivity index (χ4n) is 1.79. The minimum Gasteiger partial charge on any atom is -0.485 e. The van der Waals surface area contributed by atoms with E-state index in [0.717, 1.165) is 4.90 Å². The summed E-state index contributed by atoms with van der Waals surface area (Å²) in [5, 5.41) is 9.64. The van der Waals surface area contributed by atoms with E-state index in [1.54, 1.807) is 6.07 Å². The highest BCUT2D eigenvalue weighted by atomic mass is 32.2. The van der Waals surface area contributed by atoms with Crippen LogP contribution in [0.2, 0.25) is 0 Å². The topological polar surface area (TPSA) is 63.6 Å². The number of sulfone groups is 1. The van der Waals surface area contributed by atoms with Crippen molar-refractivity contribution in [2.45, 2.75) is 17.1 Å². The molecule has 1 aliphatic heterocycles. The van der Waals surface area contributed by atoms with Crippen LogP contribution in [0.25, 0.3) is 0 Å². The molecule has 17 heavy (non-hydrogen) atoms. The van der Waals surface area contributed by atoms with Gasteiger partial charge in [-0.25, -0.2) is 8.42 Å². The molecule has 1 fully saturated rings. The molecule has 0 amide bonds. The summed E-state index contributed by atoms with van der Waals surface area (Å²) < 4.78 is 28.3. The van der Waals surface area contributed by atoms with Gasteiger partial charge in [0.15, 0.2) is 9.84 Å². The van der Waals surface area contributed by atoms with Gasteiger partial charge in [0, 0.05) is 4.90 Å². The maximum Gasteiger partial charge on any atom is 0.156 e. The first kappa shape index (κ1) is 12.7. The second kappa shape index (κ2) is 4.88. The third kappa shape index (κ3) is 2.94. The molecule has 0 radical (unpaired) electrons. The summed E-state index contributed by atoms with van der Waals surface area (Å²) in [4.78, 5) is 0.934. The van der Waals surface area contributed by atoms with E-state index in [0.29, 0.717) is 5.75 Å². The molecule has 1 aromatic carbocycles. The molecule has 1 saturated heterocycles. The van der Waals surface area contributed by atoms with E-state index in [4.69, 9.17) is 4.74 Å². The Morgan fingerprint density at radius 2 is 2.06 bits per heavy atom. The summed E-state index contributed by atoms with van der Waals surface area (Å²) in [6.45, 7) is 0. The first-order chi connectivity index (χ1) is 8.02. The summed E-state index contributed by atoms with van der Waals surface area (Å²) in [6, 6.07) is 7.39. The minimum atomic E-state index is -3.17. The van der Waals surface area contributed by atoms with Crippen LogP contribution in [0.1, 0.15) is 0 Å². The van der Waals surface area contributed by atoms with Crippen molar-refractivity contribution >= 4 is 21.6 Å². The monoisotopic (exact) mass is 274 g/mol. The molecule has 2 atom stereocenters. The second-order valence-corrected chi connectivity index (χ2v) is 6.95. The number of hydrogen-bond acceptors (Lipinski definition) is 5. The van der Waals surface area contributed by atoms with Gasteiger partial charge in [-0.05, 0) is 18.4 Å². The molecule has 6 heteroatoms. The third-order valence-corrected chi connectivity index (χ3v) is 5.08. The normalized spacial score (nSPS) is 26.9. The number of rotatable bonds is 3. The number of thioether (sulfide) groups is 1. The van der Waals surface area contributed by atoms with Crippen molar-refractivity contribution in [1.29, 1.82) is 0 Å². The zero-order valence-electron chi connectivity index (χ0n) is 9.37. The van der Waals surface area contributed by atoms with E-state index >= 15 is 0 Å². The molecule has 4 nitrogen and oxygen atoms in total. The molecule has 0 aliphatic carbocycles. The van der Waals surface area contributed by atoms with E-state index in [1.807, 2.05) is 24.5 Å². The largest absolute Gasteiger partial charge is 0.485 e. The lowest BCUT2D eigenvalue weighted by Crippen LogP contribution is -2.29. The Bertz CT molecular complexity index is 498. The summed E-state index contributed by atoms with van der Waals surface area (Å²) in [7, 11) is -3.17. The van der Waals surface area contributed by atoms with Crippen LogP contribution < -0.4 is 4.74 Å². The van der Waals surface area contributed by atoms with Gasteiger partial charge < -0.3 is 9.84 Å². The van der Waals surface area contributed by atoms with Crippen LogP contribution in [0.3, 0.4) is 0 Å². The highest BCUT2D eigenvalue weighted by molar-refractivity contribution is 7.98. The highest BCUT2D eigenvalue weighted by Gasteiger charge is 2.38. The predicted molar refractivity (Wildman–Crippen MR) is 67.3 cm³/mol. The van der Waals surface area contributed by atoms with Crippen molar-refractivity contribution in [3.05, 3.63) is 24.3 Å². The number of aliphatic hydroxyl groups excluding tert-OH is 1. The molecule has 1 aromatic rings. The number of aliphatic hydroxyl groups is 1. The Morgan fingerprint density at radius 3 is 2.65 bits per heavy atom. The summed E-state index contributed by atoms with van der Waals surface area (Å²) in [6.07, 6.45) is 0.326. The maximum atomic E-state index is 11.4. The van der Waals surface area contributed by atoms with E-state index in [2.05, 4.69) is 0 Å². The lowest BCUT2D eigenvalue weighted by Gasteiger charge is -2.17. The van der Waals surface area contributed by atoms with Crippen molar-refractivity contribution in [2.24, 2.45) is 0 Å². The zero-order chi connectivity index (χ0) is 12.5. The fourth-order valence-corrected chi connectivity index (χ4v) is 3.98. The van der Waals surface area contributed by atoms with Crippen molar-refractivity contribution < 1.29 is 18.3 Å². The number of benzene rings is 1. The molecule has 2 rings (SSSR count). The fraction of sp³-hybridized carbons (Fsp3) is 0.455. The Hall–Kier alpha value is -0.720. The van der Waals surface area contributed by atoms with E-state index in [9.17, 15) is 13.5 Å². The molecule has 94 valence electrons. The standard InChI is InChI=1S/C11H14O4S2/c1-16-11-5-3-2-4-9(11)15-10-7-17(13,14)6-8(10)12/h2-5,8,10,12H,6-7H2,1H3. The molecule has 0 bridgehead atoms. The molecule has 0 aromatic heterocycles. The SMILES string of the molecule is CSc1ccccc1OC1CS(=O)(=O)CC1O. The van der Waals surface area contributed by atoms with Crippen LogP contribution >= 0.6 is 11.8 Å². The molecule has 1 N–H and O–H groups in total. The van der Waals surface area contributed by atoms with Gasteiger partial charge in [0.25, 0.3) is 0 Å². The number of hydrogen-bond donors (Lipinski definition) is 1. The van der Waals surface area contributed by atoms with Crippen LogP contribution in [-0.2, 0) is 9.84 Å². The molecular formula is C11H14O4S2. The Balaban J connectivity index is 2.16. The lowest BCUT2D eigenvalue weighted by molar-refractivity contribution is 0.0719. The summed E-state index contributed by atoms with van der Waals surface area (Å²) in [5.74, 6) is 0.303. The van der Waals surface area contributed by atoms with E-state index < -0.39 is 22.0 Å². The molecule has 2 unspecified atom stereocenters. The van der Waals surface area contributed by atoms with Crippen molar-refractivity contribution in [2.75, 3.05) is 17.8 Å². The number of ether oxygens (including phenoxy) is 1. The molecule has 0 saturated carbocycles. The van der Waals surface area contributed by atoms with Gasteiger partial charge in [-0.1, -0.05) is 12.1 Å². The first-order valence-corrected chi connectivity index (χ1v) is 8.24. The minimum absolute atomic E-state index is 0.114. The van der Waals surface area contributed by atoms with Gasteiger partial charge in [0.2, 0.25) is 0 Å². The average molecular weight is 274 g/mol. The maximum absolute atomic E-state index is 11.4. The van der Waals surface area contributed by atoms with Crippen LogP contribution in [0.5, 0.6) is 5.75 Å². The Labute approximate surface area is 105 Å². The van der Waals surface area contributed by atoms with Gasteiger partial charge >= 0.3 is 0 Å². The second-order valence-electron chi connectivity index (χ2n) is 3.95. The molecule has 0 spiro atoms. The first-order valence-electron chi connectivity index (χ1n) is 5.20. The van der Waals surface area contributed by atoms with Gasteiger partial charge in [-0.15, -0.1) is 11.8 Å². The summed E-state index contributed by atoms with van der Waals surface area (Å²) in [5.41, 5.74) is 0. The quantitative estimate of drug-likeness (QED) is 0.831. The Morgan fingerprint density at radius 1 is 1.35 bits per heavy atom. The van der Waals surface area contributed by atoms with Crippen molar-refractivity contribution in [1.82, 2.24) is 0 Å². The molecule has 1 aliphatic rings. The van der Waals surface area contributed by atoms with Gasteiger partial charge in [-0.2, -0.15) is 0 Å². The summed E-state index contributed by atoms with van der Waals surface area (Å²) >= 11 is 1.52. The van der Waals surface area contributed by atoms with E-state index in [1.165, 1.54) is 11.8 Å². The van der Waals surface area contributed by atoms with E-state index in [-0.39, 0.29) is 11.5 Å². The van der Waals surface area contributed by atoms with Crippen LogP contribution in [-0.4, -0.2) is 43.5 Å².